The van der Waals surface area contributed by atoms with E-state index in [1.165, 1.54) is 9.80 Å². The Bertz CT molecular complexity index is 812. The smallest absolute Gasteiger partial charge is 0.409 e. The van der Waals surface area contributed by atoms with Crippen molar-refractivity contribution in [1.82, 2.24) is 14.8 Å². The molecule has 25 heavy (non-hydrogen) atoms. The van der Waals surface area contributed by atoms with Gasteiger partial charge in [-0.1, -0.05) is 6.07 Å². The zero-order chi connectivity index (χ0) is 18.2. The Hall–Kier alpha value is -3.42. The van der Waals surface area contributed by atoms with Gasteiger partial charge in [-0.3, -0.25) is 14.9 Å². The maximum Gasteiger partial charge on any atom is 0.414 e. The molecular formula is C17H19N5O3. The molecule has 8 heteroatoms. The number of allylic oxidation sites excluding steroid dienone is 1. The Morgan fingerprint density at radius 3 is 2.64 bits per heavy atom. The minimum absolute atomic E-state index is 0.339. The van der Waals surface area contributed by atoms with Crippen LogP contribution in [-0.2, 0) is 0 Å². The number of nitrogens with two attached hydrogens (primary N) is 1. The second kappa shape index (κ2) is 8.44. The number of primary amides is 1. The zero-order valence-corrected chi connectivity index (χ0v) is 14.0. The standard InChI is InChI=1S/C12H12N2O2.C5H7N3O/c1-14(2)12(15)16-11-7-3-6-10-9(11)5-4-8-13-10;6-5(9)8-3-1-2-7-4-8/h3-8H,1-2H3;1-3H,4H2,(H2,6,9). The summed E-state index contributed by atoms with van der Waals surface area (Å²) in [6.45, 7) is 0.339. The van der Waals surface area contributed by atoms with E-state index in [1.54, 1.807) is 44.8 Å². The molecule has 2 N–H and O–H groups in total. The Balaban J connectivity index is 0.000000212. The molecule has 1 aromatic heterocycles. The van der Waals surface area contributed by atoms with Crippen molar-refractivity contribution >= 4 is 29.2 Å². The molecule has 0 unspecified atom stereocenters. The number of urea groups is 1. The van der Waals surface area contributed by atoms with E-state index in [1.807, 2.05) is 24.3 Å². The number of rotatable bonds is 1. The lowest BCUT2D eigenvalue weighted by atomic mass is 10.2. The van der Waals surface area contributed by atoms with Gasteiger partial charge in [-0.05, 0) is 30.3 Å². The van der Waals surface area contributed by atoms with Gasteiger partial charge >= 0.3 is 12.1 Å². The Morgan fingerprint density at radius 2 is 2.04 bits per heavy atom. The average molecular weight is 341 g/mol. The van der Waals surface area contributed by atoms with Crippen molar-refractivity contribution in [2.75, 3.05) is 20.8 Å². The number of carbonyl (C=O) groups excluding carboxylic acids is 2. The van der Waals surface area contributed by atoms with Crippen LogP contribution in [0.4, 0.5) is 9.59 Å². The van der Waals surface area contributed by atoms with E-state index in [4.69, 9.17) is 10.5 Å². The summed E-state index contributed by atoms with van der Waals surface area (Å²) in [6.07, 6.45) is 6.19. The van der Waals surface area contributed by atoms with E-state index < -0.39 is 12.1 Å². The third-order valence-corrected chi connectivity index (χ3v) is 3.14. The molecule has 1 aliphatic heterocycles. The topological polar surface area (TPSA) is 101 Å². The summed E-state index contributed by atoms with van der Waals surface area (Å²) in [5.41, 5.74) is 5.74. The van der Waals surface area contributed by atoms with Crippen LogP contribution in [0, 0.1) is 0 Å². The van der Waals surface area contributed by atoms with Crippen LogP contribution in [0.2, 0.25) is 0 Å². The molecular weight excluding hydrogens is 322 g/mol. The van der Waals surface area contributed by atoms with Crippen LogP contribution in [-0.4, -0.2) is 53.9 Å². The highest BCUT2D eigenvalue weighted by molar-refractivity contribution is 5.87. The molecule has 0 saturated carbocycles. The number of aromatic nitrogens is 1. The quantitative estimate of drug-likeness (QED) is 0.859. The number of benzene rings is 1. The maximum atomic E-state index is 11.4. The second-order valence-corrected chi connectivity index (χ2v) is 5.21. The van der Waals surface area contributed by atoms with Crippen LogP contribution in [0.1, 0.15) is 0 Å². The Kier molecular flexibility index (Phi) is 6.05. The fourth-order valence-corrected chi connectivity index (χ4v) is 1.88. The van der Waals surface area contributed by atoms with Crippen molar-refractivity contribution in [3.8, 4) is 5.75 Å². The highest BCUT2D eigenvalue weighted by Crippen LogP contribution is 2.23. The van der Waals surface area contributed by atoms with E-state index in [0.29, 0.717) is 12.4 Å². The van der Waals surface area contributed by atoms with Crippen molar-refractivity contribution in [3.63, 3.8) is 0 Å². The monoisotopic (exact) mass is 341 g/mol. The van der Waals surface area contributed by atoms with Crippen molar-refractivity contribution < 1.29 is 14.3 Å². The van der Waals surface area contributed by atoms with Gasteiger partial charge in [-0.25, -0.2) is 9.59 Å². The second-order valence-electron chi connectivity index (χ2n) is 5.21. The number of aliphatic imine (C=N–C) groups is 1. The van der Waals surface area contributed by atoms with Gasteiger partial charge < -0.3 is 15.4 Å². The summed E-state index contributed by atoms with van der Waals surface area (Å²) in [4.78, 5) is 32.5. The van der Waals surface area contributed by atoms with Crippen LogP contribution in [0.25, 0.3) is 10.9 Å². The molecule has 3 rings (SSSR count). The molecule has 130 valence electrons. The molecule has 0 spiro atoms. The van der Waals surface area contributed by atoms with Crippen molar-refractivity contribution in [3.05, 3.63) is 48.8 Å². The van der Waals surface area contributed by atoms with Gasteiger partial charge in [-0.15, -0.1) is 0 Å². The minimum atomic E-state index is -0.469. The summed E-state index contributed by atoms with van der Waals surface area (Å²) in [5.74, 6) is 0.532. The van der Waals surface area contributed by atoms with Gasteiger partial charge in [0.15, 0.2) is 0 Å². The fraction of sp³-hybridized carbons (Fsp3) is 0.176. The number of ether oxygens (including phenoxy) is 1. The molecule has 0 atom stereocenters. The van der Waals surface area contributed by atoms with Crippen LogP contribution >= 0.6 is 0 Å². The molecule has 1 aliphatic rings. The molecule has 0 saturated heterocycles. The molecule has 0 radical (unpaired) electrons. The van der Waals surface area contributed by atoms with E-state index >= 15 is 0 Å². The van der Waals surface area contributed by atoms with E-state index in [0.717, 1.165) is 10.9 Å². The van der Waals surface area contributed by atoms with Crippen molar-refractivity contribution in [2.24, 2.45) is 10.7 Å². The third kappa shape index (κ3) is 5.03. The maximum absolute atomic E-state index is 11.4. The van der Waals surface area contributed by atoms with Gasteiger partial charge in [0.1, 0.15) is 12.4 Å². The largest absolute Gasteiger partial charge is 0.414 e. The highest BCUT2D eigenvalue weighted by Gasteiger charge is 2.09. The lowest BCUT2D eigenvalue weighted by Crippen LogP contribution is -2.32. The summed E-state index contributed by atoms with van der Waals surface area (Å²) in [6, 6.07) is 8.67. The molecule has 3 amide bonds. The lowest BCUT2D eigenvalue weighted by molar-refractivity contribution is 0.172. The van der Waals surface area contributed by atoms with Crippen LogP contribution in [0.15, 0.2) is 53.8 Å². The van der Waals surface area contributed by atoms with Crippen molar-refractivity contribution in [1.29, 1.82) is 0 Å². The minimum Gasteiger partial charge on any atom is -0.409 e. The number of fused-ring (bicyclic) bond motifs is 1. The molecule has 0 bridgehead atoms. The summed E-state index contributed by atoms with van der Waals surface area (Å²) < 4.78 is 5.24. The first-order chi connectivity index (χ1) is 12.0. The summed E-state index contributed by atoms with van der Waals surface area (Å²) in [5, 5.41) is 0.834. The first-order valence-electron chi connectivity index (χ1n) is 7.44. The van der Waals surface area contributed by atoms with Gasteiger partial charge in [0.05, 0.1) is 5.52 Å². The number of hydrogen-bond donors (Lipinski definition) is 1. The van der Waals surface area contributed by atoms with Crippen LogP contribution < -0.4 is 10.5 Å². The molecule has 0 aliphatic carbocycles. The number of carbonyl (C=O) groups is 2. The third-order valence-electron chi connectivity index (χ3n) is 3.14. The Morgan fingerprint density at radius 1 is 1.24 bits per heavy atom. The lowest BCUT2D eigenvalue weighted by Gasteiger charge is -2.13. The molecule has 8 nitrogen and oxygen atoms in total. The fourth-order valence-electron chi connectivity index (χ4n) is 1.88. The predicted molar refractivity (Wildman–Crippen MR) is 95.4 cm³/mol. The summed E-state index contributed by atoms with van der Waals surface area (Å²) >= 11 is 0. The van der Waals surface area contributed by atoms with Crippen LogP contribution in [0.5, 0.6) is 5.75 Å². The van der Waals surface area contributed by atoms with Gasteiger partial charge in [-0.2, -0.15) is 0 Å². The van der Waals surface area contributed by atoms with E-state index in [-0.39, 0.29) is 0 Å². The average Bonchev–Trinajstić information content (AvgIpc) is 2.63. The van der Waals surface area contributed by atoms with Crippen molar-refractivity contribution in [2.45, 2.75) is 0 Å². The normalized spacial score (nSPS) is 12.3. The molecule has 0 fully saturated rings. The summed E-state index contributed by atoms with van der Waals surface area (Å²) in [7, 11) is 3.29. The SMILES string of the molecule is CN(C)C(=O)Oc1cccc2ncccc12.NC(=O)N1C=CC=NC1. The zero-order valence-electron chi connectivity index (χ0n) is 14.0. The van der Waals surface area contributed by atoms with E-state index in [2.05, 4.69) is 9.98 Å². The van der Waals surface area contributed by atoms with Gasteiger partial charge in [0.25, 0.3) is 0 Å². The molecule has 1 aromatic carbocycles. The first-order valence-corrected chi connectivity index (χ1v) is 7.44. The highest BCUT2D eigenvalue weighted by atomic mass is 16.6. The number of pyridine rings is 1. The first kappa shape index (κ1) is 17.9. The number of hydrogen-bond acceptors (Lipinski definition) is 5. The Labute approximate surface area is 145 Å². The van der Waals surface area contributed by atoms with E-state index in [9.17, 15) is 9.59 Å². The molecule has 2 aromatic rings. The predicted octanol–water partition coefficient (Wildman–Crippen LogP) is 2.22. The number of amides is 3. The van der Waals surface area contributed by atoms with Gasteiger partial charge in [0, 0.05) is 38.1 Å². The van der Waals surface area contributed by atoms with Crippen LogP contribution in [0.3, 0.4) is 0 Å². The van der Waals surface area contributed by atoms with Gasteiger partial charge in [0.2, 0.25) is 0 Å². The molecule has 2 heterocycles. The number of nitrogens with zero attached hydrogens (tertiary/aromatic N) is 4.